The molecule has 0 radical (unpaired) electrons. The van der Waals surface area contributed by atoms with Crippen LogP contribution < -0.4 is 0 Å². The fraction of sp³-hybridized carbons (Fsp3) is 0.500. The maximum absolute atomic E-state index is 13.2. The molecule has 0 amide bonds. The van der Waals surface area contributed by atoms with E-state index in [1.165, 1.54) is 12.1 Å². The predicted molar refractivity (Wildman–Crippen MR) is 64.2 cm³/mol. The van der Waals surface area contributed by atoms with Crippen molar-refractivity contribution in [2.24, 2.45) is 0 Å². The summed E-state index contributed by atoms with van der Waals surface area (Å²) >= 11 is 0. The van der Waals surface area contributed by atoms with Gasteiger partial charge in [0.2, 0.25) is 0 Å². The second kappa shape index (κ2) is 5.94. The normalized spacial score (nSPS) is 23.6. The Hall–Kier alpha value is -1.44. The van der Waals surface area contributed by atoms with Gasteiger partial charge in [0.15, 0.2) is 0 Å². The third kappa shape index (κ3) is 3.52. The summed E-state index contributed by atoms with van der Waals surface area (Å²) in [6, 6.07) is 6.16. The molecule has 1 aromatic carbocycles. The number of aliphatic hydroxyl groups is 1. The first kappa shape index (κ1) is 13.0. The molecule has 96 valence electrons. The number of benzene rings is 1. The molecule has 3 nitrogen and oxygen atoms in total. The first-order valence-corrected chi connectivity index (χ1v) is 6.16. The van der Waals surface area contributed by atoms with E-state index in [1.807, 2.05) is 6.07 Å². The maximum Gasteiger partial charge on any atom is 0.124 e. The van der Waals surface area contributed by atoms with Crippen LogP contribution in [0.2, 0.25) is 0 Å². The first-order chi connectivity index (χ1) is 8.67. The lowest BCUT2D eigenvalue weighted by atomic mass is 9.95. The van der Waals surface area contributed by atoms with Crippen LogP contribution in [0.5, 0.6) is 0 Å². The van der Waals surface area contributed by atoms with Gasteiger partial charge in [0.25, 0.3) is 0 Å². The summed E-state index contributed by atoms with van der Waals surface area (Å²) in [6.07, 6.45) is 3.11. The van der Waals surface area contributed by atoms with Gasteiger partial charge in [0.05, 0.1) is 30.4 Å². The molecule has 1 aromatic rings. The minimum atomic E-state index is -0.410. The molecule has 1 N–H and O–H groups in total. The molecular weight excluding hydrogens is 233 g/mol. The summed E-state index contributed by atoms with van der Waals surface area (Å²) in [5.41, 5.74) is 0.991. The molecule has 0 spiro atoms. The van der Waals surface area contributed by atoms with E-state index in [0.717, 1.165) is 25.7 Å². The molecule has 0 atom stereocenters. The van der Waals surface area contributed by atoms with Crippen molar-refractivity contribution in [3.63, 3.8) is 0 Å². The Labute approximate surface area is 106 Å². The van der Waals surface area contributed by atoms with Crippen LogP contribution in [0.4, 0.5) is 4.39 Å². The van der Waals surface area contributed by atoms with Crippen molar-refractivity contribution in [1.29, 1.82) is 5.26 Å². The number of hydrogen-bond donors (Lipinski definition) is 1. The predicted octanol–water partition coefficient (Wildman–Crippen LogP) is 2.52. The van der Waals surface area contributed by atoms with E-state index in [1.54, 1.807) is 6.07 Å². The van der Waals surface area contributed by atoms with Gasteiger partial charge in [-0.2, -0.15) is 5.26 Å². The van der Waals surface area contributed by atoms with E-state index in [4.69, 9.17) is 10.00 Å². The van der Waals surface area contributed by atoms with Crippen LogP contribution in [0, 0.1) is 17.1 Å². The Morgan fingerprint density at radius 3 is 2.67 bits per heavy atom. The van der Waals surface area contributed by atoms with Crippen molar-refractivity contribution in [2.75, 3.05) is 0 Å². The second-order valence-electron chi connectivity index (χ2n) is 4.70. The van der Waals surface area contributed by atoms with Crippen molar-refractivity contribution >= 4 is 0 Å². The van der Waals surface area contributed by atoms with E-state index in [2.05, 4.69) is 0 Å². The topological polar surface area (TPSA) is 53.2 Å². The lowest BCUT2D eigenvalue weighted by Gasteiger charge is -2.25. The van der Waals surface area contributed by atoms with Gasteiger partial charge in [0, 0.05) is 0 Å². The highest BCUT2D eigenvalue weighted by Gasteiger charge is 2.19. The van der Waals surface area contributed by atoms with Crippen molar-refractivity contribution in [2.45, 2.75) is 44.5 Å². The van der Waals surface area contributed by atoms with E-state index >= 15 is 0 Å². The molecule has 4 heteroatoms. The molecule has 0 saturated heterocycles. The highest BCUT2D eigenvalue weighted by molar-refractivity contribution is 5.33. The molecule has 0 heterocycles. The van der Waals surface area contributed by atoms with Crippen molar-refractivity contribution in [3.05, 3.63) is 35.1 Å². The van der Waals surface area contributed by atoms with Crippen molar-refractivity contribution in [1.82, 2.24) is 0 Å². The largest absolute Gasteiger partial charge is 0.393 e. The van der Waals surface area contributed by atoms with E-state index in [0.29, 0.717) is 17.7 Å². The minimum absolute atomic E-state index is 0.127. The lowest BCUT2D eigenvalue weighted by Crippen LogP contribution is -2.24. The summed E-state index contributed by atoms with van der Waals surface area (Å²) in [4.78, 5) is 0. The van der Waals surface area contributed by atoms with Gasteiger partial charge in [-0.05, 0) is 49.4 Å². The summed E-state index contributed by atoms with van der Waals surface area (Å²) in [6.45, 7) is 0.313. The minimum Gasteiger partial charge on any atom is -0.393 e. The Kier molecular flexibility index (Phi) is 4.29. The smallest absolute Gasteiger partial charge is 0.124 e. The molecule has 2 rings (SSSR count). The number of hydrogen-bond acceptors (Lipinski definition) is 3. The van der Waals surface area contributed by atoms with Crippen LogP contribution in [-0.4, -0.2) is 17.3 Å². The summed E-state index contributed by atoms with van der Waals surface area (Å²) in [5.74, 6) is -0.410. The van der Waals surface area contributed by atoms with Gasteiger partial charge in [0.1, 0.15) is 5.82 Å². The van der Waals surface area contributed by atoms with Crippen LogP contribution in [0.25, 0.3) is 0 Å². The first-order valence-electron chi connectivity index (χ1n) is 6.16. The van der Waals surface area contributed by atoms with Gasteiger partial charge in [-0.25, -0.2) is 4.39 Å². The van der Waals surface area contributed by atoms with E-state index < -0.39 is 5.82 Å². The molecule has 0 aliphatic heterocycles. The highest BCUT2D eigenvalue weighted by atomic mass is 19.1. The quantitative estimate of drug-likeness (QED) is 0.895. The average Bonchev–Trinajstić information content (AvgIpc) is 2.37. The van der Waals surface area contributed by atoms with Gasteiger partial charge in [-0.1, -0.05) is 0 Å². The van der Waals surface area contributed by atoms with Crippen molar-refractivity contribution in [3.8, 4) is 6.07 Å². The molecule has 1 aliphatic carbocycles. The number of aliphatic hydroxyl groups excluding tert-OH is 1. The SMILES string of the molecule is N#Cc1cc(F)cc(COC2CCC(O)CC2)c1. The molecule has 18 heavy (non-hydrogen) atoms. The average molecular weight is 249 g/mol. The molecule has 1 fully saturated rings. The summed E-state index contributed by atoms with van der Waals surface area (Å²) in [5, 5.41) is 18.1. The van der Waals surface area contributed by atoms with Crippen LogP contribution >= 0.6 is 0 Å². The molecular formula is C14H16FNO2. The number of halogens is 1. The lowest BCUT2D eigenvalue weighted by molar-refractivity contribution is -0.0119. The molecule has 0 unspecified atom stereocenters. The van der Waals surface area contributed by atoms with Crippen LogP contribution in [0.1, 0.15) is 36.8 Å². The Bertz CT molecular complexity index is 448. The zero-order chi connectivity index (χ0) is 13.0. The van der Waals surface area contributed by atoms with Gasteiger partial charge >= 0.3 is 0 Å². The summed E-state index contributed by atoms with van der Waals surface area (Å²) in [7, 11) is 0. The number of nitrogens with zero attached hydrogens (tertiary/aromatic N) is 1. The van der Waals surface area contributed by atoms with Crippen LogP contribution in [0.15, 0.2) is 18.2 Å². The van der Waals surface area contributed by atoms with E-state index in [-0.39, 0.29) is 12.2 Å². The zero-order valence-electron chi connectivity index (χ0n) is 10.1. The number of ether oxygens (including phenoxy) is 1. The van der Waals surface area contributed by atoms with Gasteiger partial charge < -0.3 is 9.84 Å². The Morgan fingerprint density at radius 1 is 1.28 bits per heavy atom. The highest BCUT2D eigenvalue weighted by Crippen LogP contribution is 2.22. The zero-order valence-corrected chi connectivity index (χ0v) is 10.1. The molecule has 0 aromatic heterocycles. The Balaban J connectivity index is 1.90. The monoisotopic (exact) mass is 249 g/mol. The fourth-order valence-electron chi connectivity index (χ4n) is 2.22. The van der Waals surface area contributed by atoms with Crippen LogP contribution in [0.3, 0.4) is 0 Å². The number of rotatable bonds is 3. The van der Waals surface area contributed by atoms with Crippen molar-refractivity contribution < 1.29 is 14.2 Å². The second-order valence-corrected chi connectivity index (χ2v) is 4.70. The van der Waals surface area contributed by atoms with Crippen LogP contribution in [-0.2, 0) is 11.3 Å². The van der Waals surface area contributed by atoms with Gasteiger partial charge in [-0.3, -0.25) is 0 Å². The third-order valence-corrected chi connectivity index (χ3v) is 3.22. The standard InChI is InChI=1S/C14H16FNO2/c15-12-6-10(8-16)5-11(7-12)9-18-14-3-1-13(17)2-4-14/h5-7,13-14,17H,1-4,9H2. The Morgan fingerprint density at radius 2 is 2.00 bits per heavy atom. The summed E-state index contributed by atoms with van der Waals surface area (Å²) < 4.78 is 18.9. The van der Waals surface area contributed by atoms with Gasteiger partial charge in [-0.15, -0.1) is 0 Å². The third-order valence-electron chi connectivity index (χ3n) is 3.22. The maximum atomic E-state index is 13.2. The molecule has 0 bridgehead atoms. The molecule has 1 aliphatic rings. The number of nitriles is 1. The van der Waals surface area contributed by atoms with E-state index in [9.17, 15) is 9.50 Å². The molecule has 1 saturated carbocycles. The fourth-order valence-corrected chi connectivity index (χ4v) is 2.22.